The van der Waals surface area contributed by atoms with E-state index in [0.717, 1.165) is 9.37 Å². The molecule has 0 atom stereocenters. The molecular weight excluding hydrogens is 392 g/mol. The van der Waals surface area contributed by atoms with Crippen LogP contribution in [-0.2, 0) is 4.79 Å². The zero-order chi connectivity index (χ0) is 15.9. The zero-order valence-corrected chi connectivity index (χ0v) is 14.5. The van der Waals surface area contributed by atoms with Gasteiger partial charge in [0, 0.05) is 20.0 Å². The number of halogens is 3. The summed E-state index contributed by atoms with van der Waals surface area (Å²) in [6.07, 6.45) is 0. The fourth-order valence-electron chi connectivity index (χ4n) is 1.60. The summed E-state index contributed by atoms with van der Waals surface area (Å²) in [4.78, 5) is 13.3. The van der Waals surface area contributed by atoms with Crippen molar-refractivity contribution in [3.63, 3.8) is 0 Å². The fourth-order valence-corrected chi connectivity index (χ4v) is 3.06. The maximum absolute atomic E-state index is 12.2. The molecule has 0 fully saturated rings. The molecule has 0 unspecified atom stereocenters. The third kappa shape index (κ3) is 5.98. The lowest BCUT2D eigenvalue weighted by atomic mass is 10.3. The van der Waals surface area contributed by atoms with Gasteiger partial charge in [-0.2, -0.15) is 8.78 Å². The van der Waals surface area contributed by atoms with Crippen molar-refractivity contribution >= 4 is 51.0 Å². The smallest absolute Gasteiger partial charge is 0.288 e. The first-order valence-electron chi connectivity index (χ1n) is 6.26. The van der Waals surface area contributed by atoms with E-state index in [-0.39, 0.29) is 11.7 Å². The van der Waals surface area contributed by atoms with E-state index >= 15 is 0 Å². The number of nitrogens with one attached hydrogen (secondary N) is 1. The Kier molecular flexibility index (Phi) is 6.72. The van der Waals surface area contributed by atoms with Gasteiger partial charge < -0.3 is 5.32 Å². The van der Waals surface area contributed by atoms with Crippen molar-refractivity contribution in [2.24, 2.45) is 0 Å². The molecule has 116 valence electrons. The molecule has 0 spiro atoms. The SMILES string of the molecule is O=C(CSc1ccc(Br)cc1)Nc1ccc(SC(F)F)cc1. The Bertz CT molecular complexity index is 620. The summed E-state index contributed by atoms with van der Waals surface area (Å²) in [7, 11) is 0. The molecule has 22 heavy (non-hydrogen) atoms. The molecule has 2 aromatic carbocycles. The van der Waals surface area contributed by atoms with Crippen LogP contribution in [0, 0.1) is 0 Å². The van der Waals surface area contributed by atoms with Gasteiger partial charge in [-0.05, 0) is 48.5 Å². The Morgan fingerprint density at radius 3 is 2.23 bits per heavy atom. The van der Waals surface area contributed by atoms with Crippen molar-refractivity contribution in [2.75, 3.05) is 11.1 Å². The number of carbonyl (C=O) groups excluding carboxylic acids is 1. The molecule has 0 saturated carbocycles. The summed E-state index contributed by atoms with van der Waals surface area (Å²) in [6.45, 7) is 0. The number of hydrogen-bond donors (Lipinski definition) is 1. The summed E-state index contributed by atoms with van der Waals surface area (Å²) in [6, 6.07) is 14.1. The number of carbonyl (C=O) groups is 1. The quantitative estimate of drug-likeness (QED) is 0.646. The molecule has 0 radical (unpaired) electrons. The first-order valence-corrected chi connectivity index (χ1v) is 8.92. The summed E-state index contributed by atoms with van der Waals surface area (Å²) >= 11 is 5.27. The van der Waals surface area contributed by atoms with Crippen molar-refractivity contribution in [1.82, 2.24) is 0 Å². The maximum atomic E-state index is 12.2. The number of amides is 1. The second-order valence-corrected chi connectivity index (χ2v) is 7.22. The van der Waals surface area contributed by atoms with Crippen LogP contribution in [-0.4, -0.2) is 17.4 Å². The number of benzene rings is 2. The van der Waals surface area contributed by atoms with E-state index in [4.69, 9.17) is 0 Å². The normalized spacial score (nSPS) is 10.7. The second kappa shape index (κ2) is 8.55. The minimum absolute atomic E-state index is 0.137. The molecule has 0 aliphatic heterocycles. The predicted molar refractivity (Wildman–Crippen MR) is 91.8 cm³/mol. The van der Waals surface area contributed by atoms with Gasteiger partial charge in [0.2, 0.25) is 5.91 Å². The van der Waals surface area contributed by atoms with Crippen LogP contribution in [0.25, 0.3) is 0 Å². The molecule has 2 nitrogen and oxygen atoms in total. The van der Waals surface area contributed by atoms with Gasteiger partial charge in [-0.15, -0.1) is 11.8 Å². The largest absolute Gasteiger partial charge is 0.325 e. The highest BCUT2D eigenvalue weighted by molar-refractivity contribution is 9.10. The molecule has 7 heteroatoms. The molecule has 1 amide bonds. The van der Waals surface area contributed by atoms with Crippen LogP contribution < -0.4 is 5.32 Å². The Hall–Kier alpha value is -1.05. The third-order valence-corrected chi connectivity index (χ3v) is 4.81. The standard InChI is InChI=1S/C15H12BrF2NOS2/c16-10-1-5-12(6-2-10)21-9-14(20)19-11-3-7-13(8-4-11)22-15(17)18/h1-8,15H,9H2,(H,19,20). The Morgan fingerprint density at radius 1 is 1.05 bits per heavy atom. The van der Waals surface area contributed by atoms with Crippen LogP contribution in [0.3, 0.4) is 0 Å². The minimum Gasteiger partial charge on any atom is -0.325 e. The van der Waals surface area contributed by atoms with E-state index in [0.29, 0.717) is 22.3 Å². The first-order chi connectivity index (χ1) is 10.5. The highest BCUT2D eigenvalue weighted by Gasteiger charge is 2.07. The van der Waals surface area contributed by atoms with Crippen LogP contribution in [0.5, 0.6) is 0 Å². The summed E-state index contributed by atoms with van der Waals surface area (Å²) in [5.41, 5.74) is 0.597. The van der Waals surface area contributed by atoms with Gasteiger partial charge in [0.05, 0.1) is 5.75 Å². The van der Waals surface area contributed by atoms with Crippen molar-refractivity contribution in [2.45, 2.75) is 15.5 Å². The zero-order valence-electron chi connectivity index (χ0n) is 11.3. The highest BCUT2D eigenvalue weighted by Crippen LogP contribution is 2.26. The lowest BCUT2D eigenvalue weighted by molar-refractivity contribution is -0.113. The number of thioether (sulfide) groups is 2. The molecule has 0 heterocycles. The van der Waals surface area contributed by atoms with Crippen LogP contribution in [0.1, 0.15) is 0 Å². The van der Waals surface area contributed by atoms with E-state index in [9.17, 15) is 13.6 Å². The third-order valence-electron chi connectivity index (χ3n) is 2.55. The molecular formula is C15H12BrF2NOS2. The van der Waals surface area contributed by atoms with Gasteiger partial charge in [-0.3, -0.25) is 4.79 Å². The van der Waals surface area contributed by atoms with Gasteiger partial charge in [-0.25, -0.2) is 0 Å². The number of anilines is 1. The lowest BCUT2D eigenvalue weighted by Crippen LogP contribution is -2.13. The summed E-state index contributed by atoms with van der Waals surface area (Å²) in [5.74, 6) is -2.29. The van der Waals surface area contributed by atoms with Gasteiger partial charge in [0.25, 0.3) is 5.76 Å². The van der Waals surface area contributed by atoms with E-state index in [1.807, 2.05) is 24.3 Å². The van der Waals surface area contributed by atoms with E-state index < -0.39 is 5.76 Å². The summed E-state index contributed by atoms with van der Waals surface area (Å²) in [5, 5.41) is 2.74. The molecule has 1 N–H and O–H groups in total. The first kappa shape index (κ1) is 17.3. The molecule has 0 saturated heterocycles. The molecule has 2 aromatic rings. The highest BCUT2D eigenvalue weighted by atomic mass is 79.9. The van der Waals surface area contributed by atoms with Crippen molar-refractivity contribution in [1.29, 1.82) is 0 Å². The van der Waals surface area contributed by atoms with Gasteiger partial charge >= 0.3 is 0 Å². The molecule has 0 aromatic heterocycles. The summed E-state index contributed by atoms with van der Waals surface area (Å²) < 4.78 is 25.4. The van der Waals surface area contributed by atoms with Crippen molar-refractivity contribution < 1.29 is 13.6 Å². The molecule has 0 aliphatic rings. The molecule has 2 rings (SSSR count). The Morgan fingerprint density at radius 2 is 1.64 bits per heavy atom. The van der Waals surface area contributed by atoms with Crippen LogP contribution in [0.4, 0.5) is 14.5 Å². The number of hydrogen-bond acceptors (Lipinski definition) is 3. The maximum Gasteiger partial charge on any atom is 0.288 e. The topological polar surface area (TPSA) is 29.1 Å². The van der Waals surface area contributed by atoms with Crippen molar-refractivity contribution in [3.05, 3.63) is 53.0 Å². The fraction of sp³-hybridized carbons (Fsp3) is 0.133. The minimum atomic E-state index is -2.44. The van der Waals surface area contributed by atoms with Crippen LogP contribution in [0.15, 0.2) is 62.8 Å². The van der Waals surface area contributed by atoms with E-state index in [1.165, 1.54) is 11.8 Å². The van der Waals surface area contributed by atoms with E-state index in [1.54, 1.807) is 24.3 Å². The molecule has 0 bridgehead atoms. The van der Waals surface area contributed by atoms with Gasteiger partial charge in [0.1, 0.15) is 0 Å². The second-order valence-electron chi connectivity index (χ2n) is 4.19. The van der Waals surface area contributed by atoms with Crippen molar-refractivity contribution in [3.8, 4) is 0 Å². The Balaban J connectivity index is 1.82. The predicted octanol–water partition coefficient (Wildman–Crippen LogP) is 5.49. The van der Waals surface area contributed by atoms with E-state index in [2.05, 4.69) is 21.2 Å². The number of rotatable bonds is 6. The van der Waals surface area contributed by atoms with Gasteiger partial charge in [-0.1, -0.05) is 27.7 Å². The molecule has 0 aliphatic carbocycles. The average Bonchev–Trinajstić information content (AvgIpc) is 2.48. The number of alkyl halides is 2. The van der Waals surface area contributed by atoms with Crippen LogP contribution in [0.2, 0.25) is 0 Å². The Labute approximate surface area is 144 Å². The lowest BCUT2D eigenvalue weighted by Gasteiger charge is -2.06. The van der Waals surface area contributed by atoms with Crippen LogP contribution >= 0.6 is 39.5 Å². The van der Waals surface area contributed by atoms with Gasteiger partial charge in [0.15, 0.2) is 0 Å². The average molecular weight is 404 g/mol. The monoisotopic (exact) mass is 403 g/mol.